The lowest BCUT2D eigenvalue weighted by molar-refractivity contribution is 0.304. The summed E-state index contributed by atoms with van der Waals surface area (Å²) < 4.78 is 8.42. The highest BCUT2D eigenvalue weighted by Crippen LogP contribution is 2.28. The van der Waals surface area contributed by atoms with Gasteiger partial charge in [-0.1, -0.05) is 30.3 Å². The minimum Gasteiger partial charge on any atom is -0.488 e. The van der Waals surface area contributed by atoms with Crippen molar-refractivity contribution in [2.75, 3.05) is 0 Å². The summed E-state index contributed by atoms with van der Waals surface area (Å²) in [6.07, 6.45) is 3.53. The van der Waals surface area contributed by atoms with Crippen LogP contribution in [-0.4, -0.2) is 14.6 Å². The molecule has 0 atom stereocenters. The van der Waals surface area contributed by atoms with Crippen molar-refractivity contribution in [1.29, 1.82) is 0 Å². The first kappa shape index (κ1) is 11.2. The number of nitrogens with zero attached hydrogens (tertiary/aromatic N) is 3. The van der Waals surface area contributed by atoms with E-state index in [2.05, 4.69) is 26.1 Å². The van der Waals surface area contributed by atoms with E-state index in [4.69, 9.17) is 4.74 Å². The molecule has 3 rings (SSSR count). The Labute approximate surface area is 112 Å². The molecule has 0 saturated carbocycles. The molecule has 2 heterocycles. The van der Waals surface area contributed by atoms with Crippen LogP contribution in [0, 0.1) is 0 Å². The Morgan fingerprint density at radius 1 is 1.17 bits per heavy atom. The molecular weight excluding hydrogens is 294 g/mol. The Kier molecular flexibility index (Phi) is 2.98. The van der Waals surface area contributed by atoms with Gasteiger partial charge in [-0.3, -0.25) is 4.40 Å². The van der Waals surface area contributed by atoms with Gasteiger partial charge in [-0.25, -0.2) is 0 Å². The number of ether oxygens (including phenoxy) is 1. The van der Waals surface area contributed by atoms with E-state index in [0.29, 0.717) is 6.61 Å². The highest BCUT2D eigenvalue weighted by molar-refractivity contribution is 9.10. The minimum absolute atomic E-state index is 0.531. The van der Waals surface area contributed by atoms with Gasteiger partial charge in [-0.15, -0.1) is 10.2 Å². The Bertz CT molecular complexity index is 666. The third kappa shape index (κ3) is 2.09. The first-order valence-electron chi connectivity index (χ1n) is 5.49. The predicted octanol–water partition coefficient (Wildman–Crippen LogP) is 3.07. The molecular formula is C13H10BrN3O. The Morgan fingerprint density at radius 3 is 2.83 bits per heavy atom. The van der Waals surface area contributed by atoms with Gasteiger partial charge in [0.05, 0.1) is 0 Å². The molecule has 0 unspecified atom stereocenters. The topological polar surface area (TPSA) is 39.4 Å². The van der Waals surface area contributed by atoms with Gasteiger partial charge in [0.15, 0.2) is 5.65 Å². The van der Waals surface area contributed by atoms with Crippen LogP contribution in [0.1, 0.15) is 5.56 Å². The predicted molar refractivity (Wildman–Crippen MR) is 71.5 cm³/mol. The van der Waals surface area contributed by atoms with Crippen molar-refractivity contribution in [2.24, 2.45) is 0 Å². The van der Waals surface area contributed by atoms with Gasteiger partial charge in [0.2, 0.25) is 0 Å². The second-order valence-electron chi connectivity index (χ2n) is 3.83. The molecule has 0 radical (unpaired) electrons. The molecule has 0 aliphatic rings. The van der Waals surface area contributed by atoms with Crippen LogP contribution in [0.2, 0.25) is 0 Å². The first-order chi connectivity index (χ1) is 8.84. The lowest BCUT2D eigenvalue weighted by Crippen LogP contribution is -1.97. The summed E-state index contributed by atoms with van der Waals surface area (Å²) in [4.78, 5) is 0. The zero-order chi connectivity index (χ0) is 12.4. The summed E-state index contributed by atoms with van der Waals surface area (Å²) >= 11 is 3.49. The molecule has 0 N–H and O–H groups in total. The fourth-order valence-electron chi connectivity index (χ4n) is 1.69. The van der Waals surface area contributed by atoms with Crippen LogP contribution in [0.3, 0.4) is 0 Å². The fourth-order valence-corrected chi connectivity index (χ4v) is 2.22. The standard InChI is InChI=1S/C13H10BrN3O/c14-12-11(6-7-17-9-15-16-13(12)17)18-8-10-4-2-1-3-5-10/h1-7,9H,8H2. The molecule has 0 saturated heterocycles. The van der Waals surface area contributed by atoms with Gasteiger partial charge in [0.25, 0.3) is 0 Å². The van der Waals surface area contributed by atoms with E-state index < -0.39 is 0 Å². The number of hydrogen-bond acceptors (Lipinski definition) is 3. The van der Waals surface area contributed by atoms with Crippen molar-refractivity contribution < 1.29 is 4.74 Å². The molecule has 0 bridgehead atoms. The van der Waals surface area contributed by atoms with Gasteiger partial charge < -0.3 is 4.74 Å². The molecule has 5 heteroatoms. The fraction of sp³-hybridized carbons (Fsp3) is 0.0769. The molecule has 0 amide bonds. The number of halogens is 1. The molecule has 0 aliphatic carbocycles. The third-order valence-corrected chi connectivity index (χ3v) is 3.35. The maximum absolute atomic E-state index is 5.77. The van der Waals surface area contributed by atoms with Gasteiger partial charge >= 0.3 is 0 Å². The summed E-state index contributed by atoms with van der Waals surface area (Å²) in [5.74, 6) is 0.763. The normalized spacial score (nSPS) is 10.7. The van der Waals surface area contributed by atoms with Gasteiger partial charge in [0, 0.05) is 6.20 Å². The number of pyridine rings is 1. The summed E-state index contributed by atoms with van der Waals surface area (Å²) in [5.41, 5.74) is 1.88. The number of fused-ring (bicyclic) bond motifs is 1. The quantitative estimate of drug-likeness (QED) is 0.746. The Balaban J connectivity index is 1.84. The lowest BCUT2D eigenvalue weighted by Gasteiger charge is -2.08. The average molecular weight is 304 g/mol. The van der Waals surface area contributed by atoms with Gasteiger partial charge in [-0.05, 0) is 27.6 Å². The largest absolute Gasteiger partial charge is 0.488 e. The van der Waals surface area contributed by atoms with E-state index in [0.717, 1.165) is 21.4 Å². The van der Waals surface area contributed by atoms with Crippen LogP contribution in [0.25, 0.3) is 5.65 Å². The monoisotopic (exact) mass is 303 g/mol. The maximum Gasteiger partial charge on any atom is 0.178 e. The highest BCUT2D eigenvalue weighted by atomic mass is 79.9. The summed E-state index contributed by atoms with van der Waals surface area (Å²) in [7, 11) is 0. The van der Waals surface area contributed by atoms with Gasteiger partial charge in [-0.2, -0.15) is 0 Å². The van der Waals surface area contributed by atoms with E-state index in [1.165, 1.54) is 0 Å². The first-order valence-corrected chi connectivity index (χ1v) is 6.28. The van der Waals surface area contributed by atoms with E-state index in [-0.39, 0.29) is 0 Å². The van der Waals surface area contributed by atoms with Crippen LogP contribution >= 0.6 is 15.9 Å². The smallest absolute Gasteiger partial charge is 0.178 e. The van der Waals surface area contributed by atoms with E-state index in [1.54, 1.807) is 6.33 Å². The summed E-state index contributed by atoms with van der Waals surface area (Å²) in [6.45, 7) is 0.531. The van der Waals surface area contributed by atoms with Crippen molar-refractivity contribution in [3.8, 4) is 5.75 Å². The lowest BCUT2D eigenvalue weighted by atomic mass is 10.2. The van der Waals surface area contributed by atoms with Crippen molar-refractivity contribution in [3.05, 3.63) is 59.0 Å². The molecule has 0 fully saturated rings. The molecule has 4 nitrogen and oxygen atoms in total. The van der Waals surface area contributed by atoms with E-state index in [1.807, 2.05) is 47.0 Å². The second kappa shape index (κ2) is 4.78. The minimum atomic E-state index is 0.531. The van der Waals surface area contributed by atoms with E-state index in [9.17, 15) is 0 Å². The molecule has 0 spiro atoms. The van der Waals surface area contributed by atoms with Crippen LogP contribution in [-0.2, 0) is 6.61 Å². The average Bonchev–Trinajstić information content (AvgIpc) is 2.88. The number of aromatic nitrogens is 3. The third-order valence-electron chi connectivity index (χ3n) is 2.61. The van der Waals surface area contributed by atoms with Crippen molar-refractivity contribution in [2.45, 2.75) is 6.61 Å². The van der Waals surface area contributed by atoms with Crippen molar-refractivity contribution >= 4 is 21.6 Å². The Hall–Kier alpha value is -1.88. The van der Waals surface area contributed by atoms with Gasteiger partial charge in [0.1, 0.15) is 23.2 Å². The molecule has 0 aliphatic heterocycles. The van der Waals surface area contributed by atoms with Crippen molar-refractivity contribution in [1.82, 2.24) is 14.6 Å². The summed E-state index contributed by atoms with van der Waals surface area (Å²) in [5, 5.41) is 7.87. The zero-order valence-corrected chi connectivity index (χ0v) is 11.0. The highest BCUT2D eigenvalue weighted by Gasteiger charge is 2.08. The van der Waals surface area contributed by atoms with E-state index >= 15 is 0 Å². The molecule has 18 heavy (non-hydrogen) atoms. The van der Waals surface area contributed by atoms with Crippen LogP contribution in [0.5, 0.6) is 5.75 Å². The number of benzene rings is 1. The van der Waals surface area contributed by atoms with Crippen LogP contribution in [0.15, 0.2) is 53.4 Å². The molecule has 3 aromatic rings. The Morgan fingerprint density at radius 2 is 2.00 bits per heavy atom. The number of rotatable bonds is 3. The summed E-state index contributed by atoms with van der Waals surface area (Å²) in [6, 6.07) is 11.9. The number of hydrogen-bond donors (Lipinski definition) is 0. The van der Waals surface area contributed by atoms with Crippen molar-refractivity contribution in [3.63, 3.8) is 0 Å². The second-order valence-corrected chi connectivity index (χ2v) is 4.62. The molecule has 1 aromatic carbocycles. The SMILES string of the molecule is Brc1c(OCc2ccccc2)ccn2cnnc12. The molecule has 2 aromatic heterocycles. The van der Waals surface area contributed by atoms with Crippen LogP contribution in [0.4, 0.5) is 0 Å². The zero-order valence-electron chi connectivity index (χ0n) is 9.45. The molecule has 90 valence electrons. The van der Waals surface area contributed by atoms with Crippen LogP contribution < -0.4 is 4.74 Å². The maximum atomic E-state index is 5.77.